The first-order chi connectivity index (χ1) is 34.5. The fourth-order valence-corrected chi connectivity index (χ4v) is 9.43. The lowest BCUT2D eigenvalue weighted by Crippen LogP contribution is -2.39. The summed E-state index contributed by atoms with van der Waals surface area (Å²) >= 11 is 0. The minimum absolute atomic E-state index is 0.0590. The zero-order valence-electron chi connectivity index (χ0n) is 42.3. The van der Waals surface area contributed by atoms with E-state index in [0.29, 0.717) is 42.8 Å². The van der Waals surface area contributed by atoms with Crippen LogP contribution in [-0.2, 0) is 14.2 Å². The Morgan fingerprint density at radius 3 is 1.85 bits per heavy atom. The summed E-state index contributed by atoms with van der Waals surface area (Å²) in [5.41, 5.74) is 35.0. The van der Waals surface area contributed by atoms with Crippen LogP contribution in [0.1, 0.15) is 160 Å². The average molecular weight is 991 g/mol. The highest BCUT2D eigenvalue weighted by Crippen LogP contribution is 2.27. The number of nitrogens with zero attached hydrogens (tertiary/aromatic N) is 11. The maximum atomic E-state index is 11.9. The number of aliphatic hydroxyl groups is 2. The summed E-state index contributed by atoms with van der Waals surface area (Å²) in [6, 6.07) is 7.84. The lowest BCUT2D eigenvalue weighted by Gasteiger charge is -2.31. The van der Waals surface area contributed by atoms with Crippen molar-refractivity contribution in [2.75, 3.05) is 30.5 Å². The van der Waals surface area contributed by atoms with Crippen molar-refractivity contribution in [2.45, 2.75) is 210 Å². The first-order valence-electron chi connectivity index (χ1n) is 26.0. The number of ether oxygens (including phenoxy) is 3. The van der Waals surface area contributed by atoms with Crippen molar-refractivity contribution in [2.24, 2.45) is 27.4 Å². The monoisotopic (exact) mass is 991 g/mol. The van der Waals surface area contributed by atoms with Crippen molar-refractivity contribution in [1.29, 1.82) is 0 Å². The van der Waals surface area contributed by atoms with E-state index in [1.165, 1.54) is 36.7 Å². The number of primary amides is 1. The van der Waals surface area contributed by atoms with Crippen LogP contribution in [0.5, 0.6) is 0 Å². The summed E-state index contributed by atoms with van der Waals surface area (Å²) in [6.07, 6.45) is 26.2. The third kappa shape index (κ3) is 20.8. The van der Waals surface area contributed by atoms with E-state index in [-0.39, 0.29) is 48.0 Å². The van der Waals surface area contributed by atoms with E-state index in [0.717, 1.165) is 115 Å². The molecule has 2 heterocycles. The number of nitrogens with one attached hydrogen (secondary N) is 2. The normalized spacial score (nSPS) is 27.0. The molecule has 0 bridgehead atoms. The van der Waals surface area contributed by atoms with E-state index in [9.17, 15) is 9.90 Å². The van der Waals surface area contributed by atoms with Crippen LogP contribution < -0.4 is 27.8 Å². The number of rotatable bonds is 14. The Balaban J connectivity index is 0.000000223. The number of azide groups is 2. The number of aromatic nitrogens is 5. The van der Waals surface area contributed by atoms with Crippen LogP contribution in [0.25, 0.3) is 26.6 Å². The smallest absolute Gasteiger partial charge is 0.254 e. The van der Waals surface area contributed by atoms with Gasteiger partial charge < -0.3 is 52.3 Å². The lowest BCUT2D eigenvalue weighted by molar-refractivity contribution is 0.0228. The van der Waals surface area contributed by atoms with E-state index >= 15 is 0 Å². The predicted octanol–water partition coefficient (Wildman–Crippen LogP) is 8.45. The van der Waals surface area contributed by atoms with Gasteiger partial charge in [-0.2, -0.15) is 20.0 Å². The molecule has 8 rings (SSSR count). The van der Waals surface area contributed by atoms with E-state index in [2.05, 4.69) is 50.9 Å². The van der Waals surface area contributed by atoms with Gasteiger partial charge in [0.2, 0.25) is 5.95 Å². The quantitative estimate of drug-likeness (QED) is 0.0453. The molecule has 5 aliphatic rings. The Bertz CT molecular complexity index is 2020. The van der Waals surface area contributed by atoms with Crippen molar-refractivity contribution >= 4 is 23.4 Å². The Morgan fingerprint density at radius 1 is 0.718 bits per heavy atom. The number of aliphatic hydroxyl groups excluding tert-OH is 2. The summed E-state index contributed by atoms with van der Waals surface area (Å²) < 4.78 is 16.8. The molecule has 10 N–H and O–H groups in total. The lowest BCUT2D eigenvalue weighted by atomic mass is 9.92. The maximum absolute atomic E-state index is 11.9. The van der Waals surface area contributed by atoms with Gasteiger partial charge in [-0.1, -0.05) is 80.5 Å². The van der Waals surface area contributed by atoms with Gasteiger partial charge in [0.15, 0.2) is 0 Å². The number of nitrogens with two attached hydrogens (primary N) is 3. The molecule has 22 nitrogen and oxygen atoms in total. The van der Waals surface area contributed by atoms with E-state index in [1.54, 1.807) is 12.4 Å². The van der Waals surface area contributed by atoms with E-state index in [4.69, 9.17) is 47.6 Å². The van der Waals surface area contributed by atoms with Crippen LogP contribution in [0, 0.1) is 0 Å². The first-order valence-corrected chi connectivity index (χ1v) is 26.0. The third-order valence-corrected chi connectivity index (χ3v) is 13.3. The van der Waals surface area contributed by atoms with Gasteiger partial charge >= 0.3 is 0 Å². The number of anilines is 3. The number of benzene rings is 1. The maximum Gasteiger partial charge on any atom is 0.254 e. The van der Waals surface area contributed by atoms with Crippen molar-refractivity contribution < 1.29 is 29.2 Å². The molecule has 10 atom stereocenters. The van der Waals surface area contributed by atoms with Gasteiger partial charge in [0.25, 0.3) is 5.91 Å². The first kappa shape index (κ1) is 58.4. The Labute approximate surface area is 419 Å². The molecule has 5 fully saturated rings. The SMILES string of the molecule is CCO[C@@H]1CCCC[C@H]1N.CCO[C@@H]1CCCC[C@H]1N=[N+]=[N-].CCO[C@@H]1CCCC[C@H]1Nc1ncc(C(N)=O)c(Nc2cccc(-n3nccn3)c2)n1.N[C@@H]1CCCC[C@H]1O.[N-]=[N+]=N[C@@H]1CCCC[C@H]1O. The summed E-state index contributed by atoms with van der Waals surface area (Å²) in [5.74, 6) is 0.150. The van der Waals surface area contributed by atoms with Crippen LogP contribution >= 0.6 is 0 Å². The molecule has 0 spiro atoms. The van der Waals surface area contributed by atoms with Crippen LogP contribution in [0.4, 0.5) is 17.5 Å². The van der Waals surface area contributed by atoms with E-state index in [1.807, 2.05) is 45.0 Å². The molecular weight excluding hydrogens is 909 g/mol. The van der Waals surface area contributed by atoms with E-state index < -0.39 is 12.0 Å². The number of hydrogen-bond donors (Lipinski definition) is 7. The molecule has 0 saturated heterocycles. The van der Waals surface area contributed by atoms with Gasteiger partial charge in [-0.25, -0.2) is 4.98 Å². The van der Waals surface area contributed by atoms with Gasteiger partial charge in [-0.15, -0.1) is 0 Å². The van der Waals surface area contributed by atoms with Crippen LogP contribution in [0.3, 0.4) is 0 Å². The number of carbonyl (C=O) groups excluding carboxylic acids is 1. The molecule has 3 aromatic rings. The fourth-order valence-electron chi connectivity index (χ4n) is 9.43. The minimum atomic E-state index is -0.608. The highest BCUT2D eigenvalue weighted by molar-refractivity contribution is 5.98. The molecule has 0 unspecified atom stereocenters. The molecule has 0 aliphatic heterocycles. The van der Waals surface area contributed by atoms with Crippen molar-refractivity contribution in [3.8, 4) is 5.69 Å². The second-order valence-electron chi connectivity index (χ2n) is 18.5. The highest BCUT2D eigenvalue weighted by atomic mass is 16.5. The zero-order valence-corrected chi connectivity index (χ0v) is 42.3. The Kier molecular flexibility index (Phi) is 27.6. The summed E-state index contributed by atoms with van der Waals surface area (Å²) in [4.78, 5) is 27.8. The molecular formula is C49H82N16O6. The van der Waals surface area contributed by atoms with Crippen LogP contribution in [-0.4, -0.2) is 122 Å². The molecule has 394 valence electrons. The highest BCUT2D eigenvalue weighted by Gasteiger charge is 2.28. The second kappa shape index (κ2) is 33.5. The second-order valence-corrected chi connectivity index (χ2v) is 18.5. The fraction of sp³-hybridized carbons (Fsp3) is 0.735. The molecule has 71 heavy (non-hydrogen) atoms. The predicted molar refractivity (Wildman–Crippen MR) is 275 cm³/mol. The largest absolute Gasteiger partial charge is 0.393 e. The minimum Gasteiger partial charge on any atom is -0.393 e. The van der Waals surface area contributed by atoms with Gasteiger partial charge in [0.1, 0.15) is 11.4 Å². The number of hydrogen-bond acceptors (Lipinski definition) is 16. The van der Waals surface area contributed by atoms with Gasteiger partial charge in [-0.3, -0.25) is 4.79 Å². The van der Waals surface area contributed by atoms with Crippen LogP contribution in [0.2, 0.25) is 0 Å². The molecule has 0 radical (unpaired) electrons. The number of amides is 1. The summed E-state index contributed by atoms with van der Waals surface area (Å²) in [7, 11) is 0. The zero-order chi connectivity index (χ0) is 51.2. The Morgan fingerprint density at radius 2 is 1.25 bits per heavy atom. The molecule has 5 saturated carbocycles. The van der Waals surface area contributed by atoms with Crippen molar-refractivity contribution in [1.82, 2.24) is 25.0 Å². The van der Waals surface area contributed by atoms with Crippen molar-refractivity contribution in [3.63, 3.8) is 0 Å². The van der Waals surface area contributed by atoms with Gasteiger partial charge in [0, 0.05) is 53.6 Å². The topological polar surface area (TPSA) is 341 Å². The van der Waals surface area contributed by atoms with Gasteiger partial charge in [-0.05, 0) is 114 Å². The number of carbonyl (C=O) groups is 1. The standard InChI is InChI=1S/C21H26N8O2.C8H15N3O.C8H17NO.C6H11N3O.C6H13NO/c1-2-31-18-9-4-3-8-17(18)27-21-23-13-16(19(22)30)20(28-21)26-14-6-5-7-15(12-14)29-24-10-11-25-29;1-2-12-8-6-4-3-5-7(8)10-11-9;1-2-10-8-6-4-3-5-7(8)9;7-9-8-5-3-1-2-4-6(5)10;7-5-3-1-2-4-6(5)8/h5-7,10-13,17-18H,2-4,8-9H2,1H3,(H2,22,30)(H2,23,26,27,28);7-8H,2-6H2,1H3;7-8H,2-6,9H2,1H3;5-6,10H,1-4H2;5-6,8H,1-4,7H2/t17-,18-;2*7-,8-;2*5-,6-/m11111/s1. The summed E-state index contributed by atoms with van der Waals surface area (Å²) in [6.45, 7) is 8.18. The Hall–Kier alpha value is -5.15. The molecule has 22 heteroatoms. The van der Waals surface area contributed by atoms with Gasteiger partial charge in [0.05, 0.1) is 66.7 Å². The van der Waals surface area contributed by atoms with Crippen LogP contribution in [0.15, 0.2) is 53.1 Å². The summed E-state index contributed by atoms with van der Waals surface area (Å²) in [5, 5.41) is 40.4. The average Bonchev–Trinajstić information content (AvgIpc) is 3.92. The van der Waals surface area contributed by atoms with Crippen molar-refractivity contribution in [3.05, 3.63) is 69.3 Å². The molecule has 2 aromatic heterocycles. The third-order valence-electron chi connectivity index (χ3n) is 13.3. The molecule has 1 amide bonds. The molecule has 1 aromatic carbocycles. The molecule has 5 aliphatic carbocycles.